The van der Waals surface area contributed by atoms with Crippen LogP contribution in [0.2, 0.25) is 0 Å². The average Bonchev–Trinajstić information content (AvgIpc) is 2.45. The van der Waals surface area contributed by atoms with Crippen LogP contribution in [0.1, 0.15) is 12.0 Å². The molecule has 0 spiro atoms. The number of aryl methyl sites for hydroxylation is 1. The molecule has 1 aromatic carbocycles. The zero-order valence-electron chi connectivity index (χ0n) is 12.5. The van der Waals surface area contributed by atoms with Gasteiger partial charge < -0.3 is 14.8 Å². The number of amides is 1. The van der Waals surface area contributed by atoms with Gasteiger partial charge in [-0.15, -0.1) is 11.8 Å². The molecule has 0 unspecified atom stereocenters. The number of ether oxygens (including phenoxy) is 2. The van der Waals surface area contributed by atoms with Crippen LogP contribution < -0.4 is 5.32 Å². The van der Waals surface area contributed by atoms with Crippen LogP contribution in [-0.4, -0.2) is 45.1 Å². The molecule has 4 nitrogen and oxygen atoms in total. The van der Waals surface area contributed by atoms with Crippen molar-refractivity contribution in [1.82, 2.24) is 5.32 Å². The Hall–Kier alpha value is -0.560. The molecule has 1 aromatic rings. The molecule has 1 rings (SSSR count). The Morgan fingerprint density at radius 2 is 2.14 bits per heavy atom. The van der Waals surface area contributed by atoms with Crippen molar-refractivity contribution in [3.63, 3.8) is 0 Å². The lowest BCUT2D eigenvalue weighted by Gasteiger charge is -2.08. The number of carbonyl (C=O) groups excluding carboxylic acids is 1. The first kappa shape index (κ1) is 18.5. The van der Waals surface area contributed by atoms with Gasteiger partial charge in [0.25, 0.3) is 0 Å². The van der Waals surface area contributed by atoms with Crippen molar-refractivity contribution in [1.29, 1.82) is 0 Å². The minimum absolute atomic E-state index is 0.0548. The molecule has 0 bridgehead atoms. The number of thioether (sulfide) groups is 1. The maximum atomic E-state index is 11.7. The summed E-state index contributed by atoms with van der Waals surface area (Å²) < 4.78 is 11.3. The summed E-state index contributed by atoms with van der Waals surface area (Å²) in [5.41, 5.74) is 1.17. The first-order valence-corrected chi connectivity index (χ1v) is 8.63. The zero-order valence-corrected chi connectivity index (χ0v) is 14.9. The molecule has 0 aromatic heterocycles. The second-order valence-electron chi connectivity index (χ2n) is 4.51. The largest absolute Gasteiger partial charge is 0.382 e. The Bertz CT molecular complexity index is 443. The molecule has 0 fully saturated rings. The van der Waals surface area contributed by atoms with Crippen LogP contribution >= 0.6 is 27.7 Å². The number of benzene rings is 1. The summed E-state index contributed by atoms with van der Waals surface area (Å²) in [5, 5.41) is 2.89. The maximum absolute atomic E-state index is 11.7. The number of carbonyl (C=O) groups is 1. The fraction of sp³-hybridized carbons (Fsp3) is 0.533. The molecular formula is C15H22BrNO3S. The van der Waals surface area contributed by atoms with Crippen LogP contribution in [0.4, 0.5) is 0 Å². The summed E-state index contributed by atoms with van der Waals surface area (Å²) in [6.07, 6.45) is 0.817. The third-order valence-corrected chi connectivity index (χ3v) is 4.38. The normalized spacial score (nSPS) is 10.6. The van der Waals surface area contributed by atoms with E-state index in [1.807, 2.05) is 19.1 Å². The molecule has 1 amide bonds. The first-order valence-electron chi connectivity index (χ1n) is 6.86. The predicted molar refractivity (Wildman–Crippen MR) is 89.9 cm³/mol. The van der Waals surface area contributed by atoms with Gasteiger partial charge in [0.15, 0.2) is 0 Å². The maximum Gasteiger partial charge on any atom is 0.230 e. The number of methoxy groups -OCH3 is 1. The number of hydrogen-bond acceptors (Lipinski definition) is 4. The summed E-state index contributed by atoms with van der Waals surface area (Å²) >= 11 is 4.99. The summed E-state index contributed by atoms with van der Waals surface area (Å²) in [7, 11) is 1.65. The Morgan fingerprint density at radius 1 is 1.33 bits per heavy atom. The van der Waals surface area contributed by atoms with Gasteiger partial charge in [-0.25, -0.2) is 0 Å². The molecule has 0 saturated heterocycles. The molecule has 0 aliphatic carbocycles. The highest BCUT2D eigenvalue weighted by molar-refractivity contribution is 9.10. The molecule has 0 aliphatic heterocycles. The lowest BCUT2D eigenvalue weighted by molar-refractivity contribution is -0.118. The van der Waals surface area contributed by atoms with Gasteiger partial charge in [0.05, 0.1) is 19.0 Å². The third-order valence-electron chi connectivity index (χ3n) is 2.72. The van der Waals surface area contributed by atoms with E-state index >= 15 is 0 Å². The molecule has 118 valence electrons. The molecule has 0 saturated carbocycles. The van der Waals surface area contributed by atoms with E-state index in [0.717, 1.165) is 15.8 Å². The predicted octanol–water partition coefficient (Wildman–Crippen LogP) is 3.02. The molecule has 0 atom stereocenters. The van der Waals surface area contributed by atoms with E-state index in [1.165, 1.54) is 5.56 Å². The summed E-state index contributed by atoms with van der Waals surface area (Å²) in [6, 6.07) is 6.07. The van der Waals surface area contributed by atoms with Gasteiger partial charge in [-0.1, -0.05) is 15.9 Å². The molecule has 0 heterocycles. The Morgan fingerprint density at radius 3 is 2.86 bits per heavy atom. The number of nitrogens with one attached hydrogen (secondary N) is 1. The van der Waals surface area contributed by atoms with Crippen molar-refractivity contribution in [2.75, 3.05) is 39.2 Å². The SMILES string of the molecule is COCCOCCCNC(=O)CSc1ccc(Br)cc1C. The number of rotatable bonds is 10. The molecule has 0 radical (unpaired) electrons. The van der Waals surface area contributed by atoms with E-state index in [9.17, 15) is 4.79 Å². The molecule has 1 N–H and O–H groups in total. The van der Waals surface area contributed by atoms with E-state index < -0.39 is 0 Å². The second-order valence-corrected chi connectivity index (χ2v) is 6.44. The van der Waals surface area contributed by atoms with E-state index in [-0.39, 0.29) is 5.91 Å². The Balaban J connectivity index is 2.11. The summed E-state index contributed by atoms with van der Waals surface area (Å²) in [6.45, 7) is 4.54. The van der Waals surface area contributed by atoms with Crippen molar-refractivity contribution in [2.24, 2.45) is 0 Å². The van der Waals surface area contributed by atoms with Crippen LogP contribution in [0, 0.1) is 6.92 Å². The molecule has 0 aliphatic rings. The third kappa shape index (κ3) is 8.46. The van der Waals surface area contributed by atoms with Gasteiger partial charge in [-0.2, -0.15) is 0 Å². The summed E-state index contributed by atoms with van der Waals surface area (Å²) in [5.74, 6) is 0.492. The van der Waals surface area contributed by atoms with Gasteiger partial charge in [0.2, 0.25) is 5.91 Å². The van der Waals surface area contributed by atoms with Crippen LogP contribution in [0.5, 0.6) is 0 Å². The average molecular weight is 376 g/mol. The Labute approximate surface area is 139 Å². The monoisotopic (exact) mass is 375 g/mol. The molecule has 21 heavy (non-hydrogen) atoms. The fourth-order valence-corrected chi connectivity index (χ4v) is 2.93. The van der Waals surface area contributed by atoms with Gasteiger partial charge in [-0.05, 0) is 37.1 Å². The van der Waals surface area contributed by atoms with Crippen molar-refractivity contribution < 1.29 is 14.3 Å². The quantitative estimate of drug-likeness (QED) is 0.504. The first-order chi connectivity index (χ1) is 10.1. The van der Waals surface area contributed by atoms with Crippen LogP contribution in [0.15, 0.2) is 27.6 Å². The minimum atomic E-state index is 0.0548. The number of hydrogen-bond donors (Lipinski definition) is 1. The smallest absolute Gasteiger partial charge is 0.230 e. The van der Waals surface area contributed by atoms with Gasteiger partial charge in [-0.3, -0.25) is 4.79 Å². The van der Waals surface area contributed by atoms with E-state index in [4.69, 9.17) is 9.47 Å². The standard InChI is InChI=1S/C15H22BrNO3S/c1-12-10-13(16)4-5-14(12)21-11-15(18)17-6-3-7-20-9-8-19-2/h4-5,10H,3,6-9,11H2,1-2H3,(H,17,18). The lowest BCUT2D eigenvalue weighted by atomic mass is 10.2. The molecule has 6 heteroatoms. The van der Waals surface area contributed by atoms with Crippen molar-refractivity contribution in [3.05, 3.63) is 28.2 Å². The van der Waals surface area contributed by atoms with Crippen LogP contribution in [-0.2, 0) is 14.3 Å². The van der Waals surface area contributed by atoms with Crippen LogP contribution in [0.3, 0.4) is 0 Å². The van der Waals surface area contributed by atoms with Gasteiger partial charge in [0.1, 0.15) is 0 Å². The number of halogens is 1. The minimum Gasteiger partial charge on any atom is -0.382 e. The fourth-order valence-electron chi connectivity index (χ4n) is 1.62. The van der Waals surface area contributed by atoms with Crippen LogP contribution in [0.25, 0.3) is 0 Å². The highest BCUT2D eigenvalue weighted by atomic mass is 79.9. The highest BCUT2D eigenvalue weighted by Gasteiger charge is 2.04. The molecular weight excluding hydrogens is 354 g/mol. The van der Waals surface area contributed by atoms with E-state index in [2.05, 4.69) is 27.3 Å². The zero-order chi connectivity index (χ0) is 15.5. The summed E-state index contributed by atoms with van der Waals surface area (Å²) in [4.78, 5) is 12.9. The van der Waals surface area contributed by atoms with Crippen molar-refractivity contribution in [3.8, 4) is 0 Å². The second kappa shape index (κ2) is 11.1. The Kier molecular flexibility index (Phi) is 9.74. The lowest BCUT2D eigenvalue weighted by Crippen LogP contribution is -2.27. The highest BCUT2D eigenvalue weighted by Crippen LogP contribution is 2.24. The van der Waals surface area contributed by atoms with Crippen molar-refractivity contribution >= 4 is 33.6 Å². The van der Waals surface area contributed by atoms with Gasteiger partial charge in [0, 0.05) is 29.6 Å². The van der Waals surface area contributed by atoms with E-state index in [1.54, 1.807) is 18.9 Å². The van der Waals surface area contributed by atoms with E-state index in [0.29, 0.717) is 32.1 Å². The topological polar surface area (TPSA) is 47.6 Å². The van der Waals surface area contributed by atoms with Crippen molar-refractivity contribution in [2.45, 2.75) is 18.2 Å². The van der Waals surface area contributed by atoms with Gasteiger partial charge >= 0.3 is 0 Å².